The molecule has 1 rings (SSSR count). The number of amides is 1. The average molecular weight is 293 g/mol. The molecule has 116 valence electrons. The van der Waals surface area contributed by atoms with Gasteiger partial charge in [0.2, 0.25) is 0 Å². The summed E-state index contributed by atoms with van der Waals surface area (Å²) in [6, 6.07) is 5.10. The number of aromatic hydroxyl groups is 1. The van der Waals surface area contributed by atoms with E-state index >= 15 is 0 Å². The molecular weight excluding hydrogens is 270 g/mol. The van der Waals surface area contributed by atoms with Crippen molar-refractivity contribution in [2.75, 3.05) is 13.2 Å². The highest BCUT2D eigenvalue weighted by Gasteiger charge is 2.15. The Morgan fingerprint density at radius 3 is 2.76 bits per heavy atom. The van der Waals surface area contributed by atoms with Crippen molar-refractivity contribution >= 4 is 6.09 Å². The molecule has 5 heteroatoms. The zero-order chi connectivity index (χ0) is 15.9. The Balaban J connectivity index is 2.48. The van der Waals surface area contributed by atoms with Crippen LogP contribution in [0.4, 0.5) is 4.79 Å². The quantitative estimate of drug-likeness (QED) is 0.791. The van der Waals surface area contributed by atoms with Gasteiger partial charge in [-0.25, -0.2) is 4.79 Å². The summed E-state index contributed by atoms with van der Waals surface area (Å²) in [4.78, 5) is 11.5. The van der Waals surface area contributed by atoms with Gasteiger partial charge in [0.1, 0.15) is 12.2 Å². The first-order valence-electron chi connectivity index (χ1n) is 6.84. The Morgan fingerprint density at radius 1 is 1.43 bits per heavy atom. The summed E-state index contributed by atoms with van der Waals surface area (Å²) in [7, 11) is 0. The van der Waals surface area contributed by atoms with Crippen molar-refractivity contribution in [2.24, 2.45) is 0 Å². The summed E-state index contributed by atoms with van der Waals surface area (Å²) in [5.74, 6) is 0.491. The van der Waals surface area contributed by atoms with Crippen LogP contribution in [-0.2, 0) is 11.2 Å². The summed E-state index contributed by atoms with van der Waals surface area (Å²) in [5.41, 5.74) is 0.442. The highest BCUT2D eigenvalue weighted by atomic mass is 16.6. The van der Waals surface area contributed by atoms with E-state index in [1.165, 1.54) is 0 Å². The molecule has 0 atom stereocenters. The molecule has 2 N–H and O–H groups in total. The number of ether oxygens (including phenoxy) is 2. The minimum Gasteiger partial charge on any atom is -0.504 e. The number of phenols is 1. The van der Waals surface area contributed by atoms with Crippen molar-refractivity contribution < 1.29 is 19.4 Å². The second-order valence-electron chi connectivity index (χ2n) is 5.58. The molecule has 0 heterocycles. The van der Waals surface area contributed by atoms with Crippen molar-refractivity contribution in [3.05, 3.63) is 36.4 Å². The molecule has 0 aliphatic heterocycles. The van der Waals surface area contributed by atoms with Crippen LogP contribution in [0.2, 0.25) is 0 Å². The zero-order valence-electron chi connectivity index (χ0n) is 12.8. The van der Waals surface area contributed by atoms with Crippen LogP contribution in [0, 0.1) is 0 Å². The predicted molar refractivity (Wildman–Crippen MR) is 81.7 cm³/mol. The van der Waals surface area contributed by atoms with Gasteiger partial charge in [0, 0.05) is 6.54 Å². The first kappa shape index (κ1) is 16.9. The Hall–Kier alpha value is -2.17. The Morgan fingerprint density at radius 2 is 2.14 bits per heavy atom. The van der Waals surface area contributed by atoms with Crippen LogP contribution in [-0.4, -0.2) is 30.0 Å². The monoisotopic (exact) mass is 293 g/mol. The predicted octanol–water partition coefficient (Wildman–Crippen LogP) is 3.02. The molecule has 1 aromatic rings. The van der Waals surface area contributed by atoms with E-state index in [-0.39, 0.29) is 5.75 Å². The topological polar surface area (TPSA) is 67.8 Å². The van der Waals surface area contributed by atoms with E-state index in [9.17, 15) is 9.90 Å². The second-order valence-corrected chi connectivity index (χ2v) is 5.58. The number of hydrogen-bond acceptors (Lipinski definition) is 4. The highest BCUT2D eigenvalue weighted by molar-refractivity contribution is 5.67. The van der Waals surface area contributed by atoms with Crippen LogP contribution in [0.1, 0.15) is 26.3 Å². The van der Waals surface area contributed by atoms with Crippen LogP contribution < -0.4 is 10.1 Å². The van der Waals surface area contributed by atoms with Crippen molar-refractivity contribution in [2.45, 2.75) is 32.8 Å². The van der Waals surface area contributed by atoms with Gasteiger partial charge in [0.05, 0.1) is 0 Å². The average Bonchev–Trinajstić information content (AvgIpc) is 2.37. The van der Waals surface area contributed by atoms with Crippen LogP contribution in [0.3, 0.4) is 0 Å². The van der Waals surface area contributed by atoms with Gasteiger partial charge in [-0.1, -0.05) is 18.7 Å². The first-order valence-corrected chi connectivity index (χ1v) is 6.84. The smallest absolute Gasteiger partial charge is 0.407 e. The summed E-state index contributed by atoms with van der Waals surface area (Å²) >= 11 is 0. The van der Waals surface area contributed by atoms with E-state index in [4.69, 9.17) is 9.47 Å². The Labute approximate surface area is 125 Å². The van der Waals surface area contributed by atoms with Crippen molar-refractivity contribution in [1.82, 2.24) is 5.32 Å². The van der Waals surface area contributed by atoms with Crippen LogP contribution in [0.5, 0.6) is 11.5 Å². The van der Waals surface area contributed by atoms with Gasteiger partial charge in [-0.2, -0.15) is 0 Å². The maximum absolute atomic E-state index is 11.5. The van der Waals surface area contributed by atoms with Crippen LogP contribution in [0.25, 0.3) is 0 Å². The van der Waals surface area contributed by atoms with Gasteiger partial charge in [-0.05, 0) is 44.9 Å². The second kappa shape index (κ2) is 7.57. The molecule has 0 radical (unpaired) electrons. The first-order chi connectivity index (χ1) is 9.81. The van der Waals surface area contributed by atoms with Crippen molar-refractivity contribution in [3.63, 3.8) is 0 Å². The summed E-state index contributed by atoms with van der Waals surface area (Å²) in [5, 5.41) is 12.3. The third-order valence-corrected chi connectivity index (χ3v) is 2.46. The molecule has 1 amide bonds. The van der Waals surface area contributed by atoms with E-state index in [2.05, 4.69) is 11.9 Å². The molecule has 1 aromatic carbocycles. The van der Waals surface area contributed by atoms with Crippen LogP contribution in [0.15, 0.2) is 30.9 Å². The van der Waals surface area contributed by atoms with E-state index in [1.807, 2.05) is 20.8 Å². The van der Waals surface area contributed by atoms with Crippen molar-refractivity contribution in [3.8, 4) is 11.5 Å². The molecule has 0 aliphatic rings. The maximum atomic E-state index is 11.5. The number of carbonyl (C=O) groups excluding carboxylic acids is 1. The molecule has 21 heavy (non-hydrogen) atoms. The molecule has 0 unspecified atom stereocenters. The molecule has 0 aromatic heterocycles. The highest BCUT2D eigenvalue weighted by Crippen LogP contribution is 2.26. The third-order valence-electron chi connectivity index (χ3n) is 2.46. The van der Waals surface area contributed by atoms with E-state index < -0.39 is 11.7 Å². The lowest BCUT2D eigenvalue weighted by Crippen LogP contribution is -2.33. The lowest BCUT2D eigenvalue weighted by atomic mass is 10.1. The molecular formula is C16H23NO4. The van der Waals surface area contributed by atoms with Gasteiger partial charge in [0.15, 0.2) is 11.5 Å². The standard InChI is InChI=1S/C16H23NO4/c1-5-10-20-14-11-12(6-7-13(14)18)8-9-17-15(19)21-16(2,3)4/h5-7,11,18H,1,8-10H2,2-4H3,(H,17,19). The summed E-state index contributed by atoms with van der Waals surface area (Å²) < 4.78 is 10.5. The summed E-state index contributed by atoms with van der Waals surface area (Å²) in [6.45, 7) is 9.78. The molecule has 0 aliphatic carbocycles. The SMILES string of the molecule is C=CCOc1cc(CCNC(=O)OC(C)(C)C)ccc1O. The van der Waals surface area contributed by atoms with Gasteiger partial charge < -0.3 is 19.9 Å². The fourth-order valence-electron chi connectivity index (χ4n) is 1.60. The zero-order valence-corrected chi connectivity index (χ0v) is 12.8. The lowest BCUT2D eigenvalue weighted by Gasteiger charge is -2.19. The molecule has 0 bridgehead atoms. The summed E-state index contributed by atoms with van der Waals surface area (Å²) in [6.07, 6.45) is 1.78. The number of alkyl carbamates (subject to hydrolysis) is 1. The largest absolute Gasteiger partial charge is 0.504 e. The molecule has 5 nitrogen and oxygen atoms in total. The van der Waals surface area contributed by atoms with Gasteiger partial charge in [0.25, 0.3) is 0 Å². The van der Waals surface area contributed by atoms with E-state index in [0.717, 1.165) is 5.56 Å². The fourth-order valence-corrected chi connectivity index (χ4v) is 1.60. The minimum absolute atomic E-state index is 0.0840. The van der Waals surface area contributed by atoms with E-state index in [0.29, 0.717) is 25.3 Å². The molecule has 0 saturated heterocycles. The maximum Gasteiger partial charge on any atom is 0.407 e. The molecule has 0 fully saturated rings. The number of rotatable bonds is 6. The van der Waals surface area contributed by atoms with Gasteiger partial charge in [-0.3, -0.25) is 0 Å². The fraction of sp³-hybridized carbons (Fsp3) is 0.438. The number of hydrogen-bond donors (Lipinski definition) is 2. The van der Waals surface area contributed by atoms with E-state index in [1.54, 1.807) is 24.3 Å². The molecule has 0 spiro atoms. The number of carbonyl (C=O) groups is 1. The van der Waals surface area contributed by atoms with Crippen molar-refractivity contribution in [1.29, 1.82) is 0 Å². The Bertz CT molecular complexity index is 492. The third kappa shape index (κ3) is 6.70. The van der Waals surface area contributed by atoms with Gasteiger partial charge >= 0.3 is 6.09 Å². The van der Waals surface area contributed by atoms with Crippen LogP contribution >= 0.6 is 0 Å². The lowest BCUT2D eigenvalue weighted by molar-refractivity contribution is 0.0528. The Kier molecular flexibility index (Phi) is 6.09. The number of nitrogens with one attached hydrogen (secondary N) is 1. The minimum atomic E-state index is -0.506. The number of phenolic OH excluding ortho intramolecular Hbond substituents is 1. The molecule has 0 saturated carbocycles. The van der Waals surface area contributed by atoms with Gasteiger partial charge in [-0.15, -0.1) is 0 Å². The normalized spacial score (nSPS) is 10.8. The number of benzene rings is 1.